The van der Waals surface area contributed by atoms with Gasteiger partial charge < -0.3 is 4.74 Å². The van der Waals surface area contributed by atoms with E-state index in [1.807, 2.05) is 12.1 Å². The lowest BCUT2D eigenvalue weighted by molar-refractivity contribution is 0.0959. The van der Waals surface area contributed by atoms with Crippen molar-refractivity contribution in [2.45, 2.75) is 13.8 Å². The Kier molecular flexibility index (Phi) is 4.16. The van der Waals surface area contributed by atoms with Crippen molar-refractivity contribution in [1.82, 2.24) is 10.4 Å². The average molecular weight is 327 g/mol. The third-order valence-corrected chi connectivity index (χ3v) is 4.66. The summed E-state index contributed by atoms with van der Waals surface area (Å²) in [5, 5.41) is 0.650. The number of aromatic nitrogens is 1. The molecule has 0 spiro atoms. The quantitative estimate of drug-likeness (QED) is 0.718. The molecule has 0 saturated heterocycles. The number of anilines is 1. The summed E-state index contributed by atoms with van der Waals surface area (Å²) in [4.78, 5) is 16.8. The smallest absolute Gasteiger partial charge is 0.273 e. The zero-order valence-electron chi connectivity index (χ0n) is 13.1. The van der Waals surface area contributed by atoms with Crippen molar-refractivity contribution in [3.63, 3.8) is 0 Å². The number of carbonyl (C=O) groups excluding carboxylic acids is 1. The van der Waals surface area contributed by atoms with Crippen LogP contribution in [0.4, 0.5) is 5.13 Å². The van der Waals surface area contributed by atoms with E-state index in [9.17, 15) is 4.79 Å². The fourth-order valence-electron chi connectivity index (χ4n) is 2.29. The third-order valence-electron chi connectivity index (χ3n) is 3.72. The van der Waals surface area contributed by atoms with Gasteiger partial charge in [0.15, 0.2) is 0 Å². The predicted octanol–water partition coefficient (Wildman–Crippen LogP) is 3.68. The van der Waals surface area contributed by atoms with E-state index in [2.05, 4.69) is 35.7 Å². The van der Waals surface area contributed by atoms with Crippen LogP contribution >= 0.6 is 11.3 Å². The van der Waals surface area contributed by atoms with E-state index in [1.54, 1.807) is 18.2 Å². The van der Waals surface area contributed by atoms with Crippen LogP contribution in [-0.2, 0) is 0 Å². The standard InChI is InChI=1S/C17H17N3O2S/c1-10-8-9-14-15(11(10)2)18-17(23-14)20-19-16(21)12-6-4-5-7-13(12)22-3/h4-9H,1-3H3,(H,18,20)(H,19,21). The van der Waals surface area contributed by atoms with Gasteiger partial charge >= 0.3 is 0 Å². The molecule has 23 heavy (non-hydrogen) atoms. The maximum Gasteiger partial charge on any atom is 0.273 e. The van der Waals surface area contributed by atoms with Crippen molar-refractivity contribution in [2.24, 2.45) is 0 Å². The van der Waals surface area contributed by atoms with Crippen LogP contribution in [0.15, 0.2) is 36.4 Å². The molecular weight excluding hydrogens is 310 g/mol. The minimum atomic E-state index is -0.269. The van der Waals surface area contributed by atoms with Gasteiger partial charge in [-0.3, -0.25) is 15.6 Å². The third kappa shape index (κ3) is 2.98. The molecule has 3 aromatic rings. The van der Waals surface area contributed by atoms with Crippen LogP contribution in [0.5, 0.6) is 5.75 Å². The van der Waals surface area contributed by atoms with E-state index in [-0.39, 0.29) is 5.91 Å². The van der Waals surface area contributed by atoms with E-state index >= 15 is 0 Å². The highest BCUT2D eigenvalue weighted by Gasteiger charge is 2.12. The molecule has 1 heterocycles. The summed E-state index contributed by atoms with van der Waals surface area (Å²) < 4.78 is 6.28. The second kappa shape index (κ2) is 6.26. The van der Waals surface area contributed by atoms with Crippen LogP contribution in [0.2, 0.25) is 0 Å². The van der Waals surface area contributed by atoms with Crippen molar-refractivity contribution in [3.05, 3.63) is 53.1 Å². The number of ether oxygens (including phenoxy) is 1. The molecule has 1 aromatic heterocycles. The second-order valence-corrected chi connectivity index (χ2v) is 6.18. The first-order chi connectivity index (χ1) is 11.1. The van der Waals surface area contributed by atoms with Crippen molar-refractivity contribution in [1.29, 1.82) is 0 Å². The Hall–Kier alpha value is -2.60. The lowest BCUT2D eigenvalue weighted by atomic mass is 10.1. The normalized spacial score (nSPS) is 10.6. The molecule has 2 N–H and O–H groups in total. The van der Waals surface area contributed by atoms with Crippen LogP contribution in [0.1, 0.15) is 21.5 Å². The number of rotatable bonds is 4. The summed E-state index contributed by atoms with van der Waals surface area (Å²) in [6.45, 7) is 4.11. The predicted molar refractivity (Wildman–Crippen MR) is 93.2 cm³/mol. The SMILES string of the molecule is COc1ccccc1C(=O)NNc1nc2c(C)c(C)ccc2s1. The molecule has 118 valence electrons. The van der Waals surface area contributed by atoms with E-state index in [0.29, 0.717) is 16.4 Å². The van der Waals surface area contributed by atoms with Gasteiger partial charge in [-0.25, -0.2) is 4.98 Å². The van der Waals surface area contributed by atoms with Crippen molar-refractivity contribution in [2.75, 3.05) is 12.5 Å². The zero-order chi connectivity index (χ0) is 16.4. The second-order valence-electron chi connectivity index (χ2n) is 5.15. The average Bonchev–Trinajstić information content (AvgIpc) is 3.00. The number of benzene rings is 2. The Balaban J connectivity index is 1.78. The molecule has 3 rings (SSSR count). The number of nitrogens with zero attached hydrogens (tertiary/aromatic N) is 1. The summed E-state index contributed by atoms with van der Waals surface area (Å²) in [6, 6.07) is 11.2. The Bertz CT molecular complexity index is 873. The van der Waals surface area contributed by atoms with Crippen LogP contribution in [0.3, 0.4) is 0 Å². The molecule has 0 aliphatic rings. The van der Waals surface area contributed by atoms with Gasteiger partial charge in [0.1, 0.15) is 5.75 Å². The summed E-state index contributed by atoms with van der Waals surface area (Å²) >= 11 is 1.50. The largest absolute Gasteiger partial charge is 0.496 e. The summed E-state index contributed by atoms with van der Waals surface area (Å²) in [5.41, 5.74) is 9.33. The van der Waals surface area contributed by atoms with Gasteiger partial charge in [0, 0.05) is 0 Å². The van der Waals surface area contributed by atoms with E-state index in [4.69, 9.17) is 4.74 Å². The maximum atomic E-state index is 12.3. The molecule has 0 aliphatic heterocycles. The number of carbonyl (C=O) groups is 1. The van der Waals surface area contributed by atoms with Gasteiger partial charge in [-0.15, -0.1) is 0 Å². The van der Waals surface area contributed by atoms with E-state index in [1.165, 1.54) is 24.0 Å². The Morgan fingerprint density at radius 3 is 2.74 bits per heavy atom. The minimum absolute atomic E-state index is 0.269. The first-order valence-corrected chi connectivity index (χ1v) is 7.98. The molecule has 0 aliphatic carbocycles. The molecule has 0 atom stereocenters. The van der Waals surface area contributed by atoms with Gasteiger partial charge in [0.2, 0.25) is 5.13 Å². The number of hydrogen-bond acceptors (Lipinski definition) is 5. The van der Waals surface area contributed by atoms with Crippen LogP contribution < -0.4 is 15.6 Å². The maximum absolute atomic E-state index is 12.3. The molecule has 0 unspecified atom stereocenters. The number of aryl methyl sites for hydroxylation is 2. The van der Waals surface area contributed by atoms with Crippen molar-refractivity contribution < 1.29 is 9.53 Å². The summed E-state index contributed by atoms with van der Waals surface area (Å²) in [7, 11) is 1.54. The molecule has 6 heteroatoms. The Morgan fingerprint density at radius 2 is 1.96 bits per heavy atom. The number of nitrogens with one attached hydrogen (secondary N) is 2. The number of para-hydroxylation sites is 1. The molecule has 2 aromatic carbocycles. The molecule has 5 nitrogen and oxygen atoms in total. The lowest BCUT2D eigenvalue weighted by Crippen LogP contribution is -2.29. The summed E-state index contributed by atoms with van der Waals surface area (Å²) in [5.74, 6) is 0.261. The Labute approximate surface area is 138 Å². The number of thiazole rings is 1. The van der Waals surface area contributed by atoms with Gasteiger partial charge in [0.25, 0.3) is 5.91 Å². The monoisotopic (exact) mass is 327 g/mol. The fourth-order valence-corrected chi connectivity index (χ4v) is 3.17. The molecule has 1 amide bonds. The number of hydrogen-bond donors (Lipinski definition) is 2. The number of amides is 1. The van der Waals surface area contributed by atoms with E-state index in [0.717, 1.165) is 15.8 Å². The lowest BCUT2D eigenvalue weighted by Gasteiger charge is -2.09. The number of fused-ring (bicyclic) bond motifs is 1. The highest BCUT2D eigenvalue weighted by Crippen LogP contribution is 2.29. The number of hydrazine groups is 1. The van der Waals surface area contributed by atoms with Crippen LogP contribution in [0, 0.1) is 13.8 Å². The van der Waals surface area contributed by atoms with E-state index < -0.39 is 0 Å². The first-order valence-electron chi connectivity index (χ1n) is 7.16. The topological polar surface area (TPSA) is 63.2 Å². The highest BCUT2D eigenvalue weighted by molar-refractivity contribution is 7.22. The molecular formula is C17H17N3O2S. The van der Waals surface area contributed by atoms with Crippen molar-refractivity contribution >= 4 is 32.6 Å². The van der Waals surface area contributed by atoms with Gasteiger partial charge in [0.05, 0.1) is 22.9 Å². The first kappa shape index (κ1) is 15.3. The molecule has 0 fully saturated rings. The van der Waals surface area contributed by atoms with Crippen LogP contribution in [-0.4, -0.2) is 18.0 Å². The summed E-state index contributed by atoms with van der Waals surface area (Å²) in [6.07, 6.45) is 0. The van der Waals surface area contributed by atoms with Crippen molar-refractivity contribution in [3.8, 4) is 5.75 Å². The van der Waals surface area contributed by atoms with Crippen LogP contribution in [0.25, 0.3) is 10.2 Å². The van der Waals surface area contributed by atoms with Gasteiger partial charge in [-0.1, -0.05) is 29.5 Å². The molecule has 0 saturated carbocycles. The Morgan fingerprint density at radius 1 is 1.17 bits per heavy atom. The number of methoxy groups -OCH3 is 1. The zero-order valence-corrected chi connectivity index (χ0v) is 14.0. The van der Waals surface area contributed by atoms with Gasteiger partial charge in [-0.05, 0) is 43.2 Å². The van der Waals surface area contributed by atoms with Gasteiger partial charge in [-0.2, -0.15) is 0 Å². The molecule has 0 radical (unpaired) electrons. The fraction of sp³-hybridized carbons (Fsp3) is 0.176. The highest BCUT2D eigenvalue weighted by atomic mass is 32.1. The minimum Gasteiger partial charge on any atom is -0.496 e. The molecule has 0 bridgehead atoms.